The fourth-order valence-corrected chi connectivity index (χ4v) is 2.97. The Kier molecular flexibility index (Phi) is 7.37. The highest BCUT2D eigenvalue weighted by atomic mass is 127. The second-order valence-corrected chi connectivity index (χ2v) is 7.63. The summed E-state index contributed by atoms with van der Waals surface area (Å²) in [7, 11) is 0. The molecule has 1 atom stereocenters. The molecule has 0 saturated carbocycles. The van der Waals surface area contributed by atoms with Gasteiger partial charge in [0.15, 0.2) is 0 Å². The lowest BCUT2D eigenvalue weighted by Gasteiger charge is -2.16. The van der Waals surface area contributed by atoms with E-state index >= 15 is 0 Å². The van der Waals surface area contributed by atoms with Crippen LogP contribution in [0.25, 0.3) is 0 Å². The summed E-state index contributed by atoms with van der Waals surface area (Å²) in [5.41, 5.74) is -3.04. The van der Waals surface area contributed by atoms with Crippen molar-refractivity contribution in [1.82, 2.24) is 5.32 Å². The summed E-state index contributed by atoms with van der Waals surface area (Å²) < 4.78 is 78.4. The average molecular weight is 545 g/mol. The van der Waals surface area contributed by atoms with Crippen molar-refractivity contribution in [1.29, 1.82) is 0 Å². The van der Waals surface area contributed by atoms with Crippen LogP contribution in [-0.2, 0) is 34.8 Å². The maximum Gasteiger partial charge on any atom is 0.416 e. The second-order valence-electron chi connectivity index (χ2n) is 6.38. The van der Waals surface area contributed by atoms with Gasteiger partial charge in [0, 0.05) is 9.99 Å². The van der Waals surface area contributed by atoms with E-state index in [2.05, 4.69) is 5.32 Å². The largest absolute Gasteiger partial charge is 0.480 e. The molecule has 2 rings (SSSR count). The minimum atomic E-state index is -5.04. The third-order valence-electron chi connectivity index (χ3n) is 4.00. The predicted octanol–water partition coefficient (Wildman–Crippen LogP) is 4.68. The molecule has 2 aromatic carbocycles. The van der Waals surface area contributed by atoms with Crippen molar-refractivity contribution in [3.05, 3.63) is 68.3 Å². The van der Waals surface area contributed by atoms with E-state index in [0.29, 0.717) is 17.7 Å². The summed E-state index contributed by atoms with van der Waals surface area (Å²) in [4.78, 5) is 23.6. The quantitative estimate of drug-likeness (QED) is 0.410. The lowest BCUT2D eigenvalue weighted by molar-refractivity contribution is -0.143. The monoisotopic (exact) mass is 545 g/mol. The van der Waals surface area contributed by atoms with Gasteiger partial charge in [-0.1, -0.05) is 12.1 Å². The van der Waals surface area contributed by atoms with E-state index in [1.807, 2.05) is 22.6 Å². The summed E-state index contributed by atoms with van der Waals surface area (Å²) in [6, 6.07) is 6.16. The van der Waals surface area contributed by atoms with Crippen molar-refractivity contribution >= 4 is 34.5 Å². The van der Waals surface area contributed by atoms with E-state index in [1.165, 1.54) is 0 Å². The van der Waals surface area contributed by atoms with Crippen molar-refractivity contribution in [2.24, 2.45) is 0 Å². The number of carboxylic acid groups (broad SMARTS) is 1. The minimum Gasteiger partial charge on any atom is -0.480 e. The zero-order valence-corrected chi connectivity index (χ0v) is 17.1. The van der Waals surface area contributed by atoms with E-state index in [-0.39, 0.29) is 12.5 Å². The van der Waals surface area contributed by atoms with E-state index < -0.39 is 53.4 Å². The highest BCUT2D eigenvalue weighted by Gasteiger charge is 2.37. The lowest BCUT2D eigenvalue weighted by atomic mass is 10.0. The Bertz CT molecular complexity index is 893. The Hall–Kier alpha value is -2.31. The summed E-state index contributed by atoms with van der Waals surface area (Å²) in [6.45, 7) is 0. The predicted molar refractivity (Wildman–Crippen MR) is 103 cm³/mol. The summed E-state index contributed by atoms with van der Waals surface area (Å²) in [5.74, 6) is -2.40. The van der Waals surface area contributed by atoms with E-state index in [0.717, 1.165) is 3.57 Å². The van der Waals surface area contributed by atoms with Crippen molar-refractivity contribution < 1.29 is 41.0 Å². The van der Waals surface area contributed by atoms with Gasteiger partial charge in [0.05, 0.1) is 17.5 Å². The molecule has 4 nitrogen and oxygen atoms in total. The average Bonchev–Trinajstić information content (AvgIpc) is 2.61. The molecule has 11 heteroatoms. The Morgan fingerprint density at radius 3 is 1.83 bits per heavy atom. The third kappa shape index (κ3) is 6.89. The molecule has 0 aromatic heterocycles. The van der Waals surface area contributed by atoms with Gasteiger partial charge in [-0.15, -0.1) is 0 Å². The highest BCUT2D eigenvalue weighted by molar-refractivity contribution is 14.1. The van der Waals surface area contributed by atoms with Crippen LogP contribution in [0.2, 0.25) is 0 Å². The number of hydrogen-bond donors (Lipinski definition) is 2. The molecule has 30 heavy (non-hydrogen) atoms. The fourth-order valence-electron chi connectivity index (χ4n) is 2.61. The van der Waals surface area contributed by atoms with Gasteiger partial charge in [-0.05, 0) is 64.0 Å². The number of carbonyl (C=O) groups is 2. The molecule has 1 amide bonds. The molecule has 0 radical (unpaired) electrons. The molecular weight excluding hydrogens is 531 g/mol. The summed E-state index contributed by atoms with van der Waals surface area (Å²) in [6.07, 6.45) is -11.0. The van der Waals surface area contributed by atoms with Gasteiger partial charge < -0.3 is 10.4 Å². The van der Waals surface area contributed by atoms with E-state index in [4.69, 9.17) is 0 Å². The molecular formula is C19H14F6INO3. The van der Waals surface area contributed by atoms with Gasteiger partial charge in [0.1, 0.15) is 6.04 Å². The molecule has 2 aromatic rings. The molecule has 0 heterocycles. The molecule has 0 bridgehead atoms. The normalized spacial score (nSPS) is 13.0. The molecule has 2 N–H and O–H groups in total. The number of carboxylic acids is 1. The number of amides is 1. The highest BCUT2D eigenvalue weighted by Crippen LogP contribution is 2.36. The first-order valence-electron chi connectivity index (χ1n) is 8.30. The Morgan fingerprint density at radius 1 is 0.900 bits per heavy atom. The number of halogens is 7. The van der Waals surface area contributed by atoms with E-state index in [1.54, 1.807) is 24.3 Å². The number of alkyl halides is 6. The minimum absolute atomic E-state index is 0.0434. The number of hydrogen-bond acceptors (Lipinski definition) is 2. The van der Waals surface area contributed by atoms with Crippen molar-refractivity contribution in [2.45, 2.75) is 31.2 Å². The number of benzene rings is 2. The molecule has 0 saturated heterocycles. The first-order valence-corrected chi connectivity index (χ1v) is 9.38. The van der Waals surface area contributed by atoms with Crippen LogP contribution in [0.1, 0.15) is 22.3 Å². The number of aliphatic carboxylic acids is 1. The van der Waals surface area contributed by atoms with Gasteiger partial charge in [-0.3, -0.25) is 4.79 Å². The molecule has 0 spiro atoms. The van der Waals surface area contributed by atoms with Gasteiger partial charge in [0.2, 0.25) is 5.91 Å². The van der Waals surface area contributed by atoms with Crippen LogP contribution in [0.15, 0.2) is 42.5 Å². The maximum absolute atomic E-state index is 12.9. The standard InChI is InChI=1S/C19H14F6INO3/c20-18(21,22)12-5-11(6-13(9-12)19(23,24)25)8-16(28)27-15(17(29)30)7-10-1-3-14(26)4-2-10/h1-6,9,15H,7-8H2,(H,27,28)(H,29,30)/t15-/m1/s1. The third-order valence-corrected chi connectivity index (χ3v) is 4.72. The molecule has 0 unspecified atom stereocenters. The lowest BCUT2D eigenvalue weighted by Crippen LogP contribution is -2.43. The fraction of sp³-hybridized carbons (Fsp3) is 0.263. The molecule has 0 aliphatic rings. The van der Waals surface area contributed by atoms with Crippen LogP contribution in [-0.4, -0.2) is 23.0 Å². The molecule has 162 valence electrons. The number of nitrogens with one attached hydrogen (secondary N) is 1. The van der Waals surface area contributed by atoms with Gasteiger partial charge in [0.25, 0.3) is 0 Å². The zero-order valence-electron chi connectivity index (χ0n) is 14.9. The van der Waals surface area contributed by atoms with Gasteiger partial charge in [-0.2, -0.15) is 26.3 Å². The topological polar surface area (TPSA) is 66.4 Å². The SMILES string of the molecule is O=C(Cc1cc(C(F)(F)F)cc(C(F)(F)F)c1)N[C@H](Cc1ccc(I)cc1)C(=O)O. The summed E-state index contributed by atoms with van der Waals surface area (Å²) in [5, 5.41) is 11.4. The first-order chi connectivity index (χ1) is 13.8. The first kappa shape index (κ1) is 24.0. The molecule has 0 fully saturated rings. The van der Waals surface area contributed by atoms with Crippen LogP contribution >= 0.6 is 22.6 Å². The maximum atomic E-state index is 12.9. The van der Waals surface area contributed by atoms with Gasteiger partial charge >= 0.3 is 18.3 Å². The number of carbonyl (C=O) groups excluding carboxylic acids is 1. The smallest absolute Gasteiger partial charge is 0.416 e. The Morgan fingerprint density at radius 2 is 1.40 bits per heavy atom. The van der Waals surface area contributed by atoms with Crippen molar-refractivity contribution in [3.8, 4) is 0 Å². The summed E-state index contributed by atoms with van der Waals surface area (Å²) >= 11 is 2.05. The second kappa shape index (κ2) is 9.23. The van der Waals surface area contributed by atoms with Gasteiger partial charge in [-0.25, -0.2) is 4.79 Å². The van der Waals surface area contributed by atoms with E-state index in [9.17, 15) is 41.0 Å². The van der Waals surface area contributed by atoms with Crippen molar-refractivity contribution in [3.63, 3.8) is 0 Å². The van der Waals surface area contributed by atoms with Crippen LogP contribution in [0, 0.1) is 3.57 Å². The molecule has 0 aliphatic heterocycles. The number of rotatable bonds is 6. The Balaban J connectivity index is 2.20. The molecule has 0 aliphatic carbocycles. The van der Waals surface area contributed by atoms with Crippen LogP contribution in [0.5, 0.6) is 0 Å². The van der Waals surface area contributed by atoms with Crippen molar-refractivity contribution in [2.75, 3.05) is 0 Å². The zero-order chi connectivity index (χ0) is 22.7. The Labute approximate surface area is 180 Å². The van der Waals surface area contributed by atoms with Crippen LogP contribution in [0.3, 0.4) is 0 Å². The van der Waals surface area contributed by atoms with Crippen LogP contribution in [0.4, 0.5) is 26.3 Å². The van der Waals surface area contributed by atoms with Crippen LogP contribution < -0.4 is 5.32 Å².